The Balaban J connectivity index is 1.46. The van der Waals surface area contributed by atoms with Crippen molar-refractivity contribution in [3.05, 3.63) is 0 Å². The summed E-state index contributed by atoms with van der Waals surface area (Å²) in [6, 6.07) is 0.594. The van der Waals surface area contributed by atoms with Gasteiger partial charge in [-0.2, -0.15) is 0 Å². The summed E-state index contributed by atoms with van der Waals surface area (Å²) in [6.07, 6.45) is 13.1. The number of likely N-dealkylation sites (tertiary alicyclic amines) is 2. The third-order valence-corrected chi connectivity index (χ3v) is 8.09. The van der Waals surface area contributed by atoms with Crippen LogP contribution in [-0.2, 0) is 4.79 Å². The number of fused-ring (bicyclic) bond motifs is 1. The van der Waals surface area contributed by atoms with E-state index in [2.05, 4.69) is 4.90 Å². The summed E-state index contributed by atoms with van der Waals surface area (Å²) in [5.74, 6) is 2.27. The molecule has 6 heteroatoms. The van der Waals surface area contributed by atoms with Gasteiger partial charge in [0.05, 0.1) is 11.9 Å². The van der Waals surface area contributed by atoms with Gasteiger partial charge in [0.15, 0.2) is 0 Å². The van der Waals surface area contributed by atoms with E-state index >= 15 is 0 Å². The largest absolute Gasteiger partial charge is 0.387 e. The standard InChI is InChI=1S/C22H39N5O/c23-18-9-10-26(14-18)22(28)20-12-16-6-7-17(21(24)25)13-19(16)27(20)11-8-15-4-2-1-3-5-15/h15-20H,1-14,23H2,(H3,24,25)/t16?,17?,18-,19?,20?/m1/s1. The first-order valence-electron chi connectivity index (χ1n) is 11.7. The van der Waals surface area contributed by atoms with Gasteiger partial charge in [0, 0.05) is 31.1 Å². The van der Waals surface area contributed by atoms with E-state index in [1.54, 1.807) is 0 Å². The summed E-state index contributed by atoms with van der Waals surface area (Å²) < 4.78 is 0. The number of nitrogens with zero attached hydrogens (tertiary/aromatic N) is 2. The third kappa shape index (κ3) is 4.23. The monoisotopic (exact) mass is 389 g/mol. The minimum atomic E-state index is 0.0228. The highest BCUT2D eigenvalue weighted by Gasteiger charge is 2.48. The number of rotatable bonds is 5. The first-order chi connectivity index (χ1) is 13.5. The maximum absolute atomic E-state index is 13.4. The van der Waals surface area contributed by atoms with Crippen molar-refractivity contribution in [3.63, 3.8) is 0 Å². The Kier molecular flexibility index (Phi) is 6.26. The Labute approximate surface area is 169 Å². The van der Waals surface area contributed by atoms with Crippen molar-refractivity contribution in [2.24, 2.45) is 29.2 Å². The van der Waals surface area contributed by atoms with Gasteiger partial charge in [0.1, 0.15) is 0 Å². The number of amidine groups is 1. The van der Waals surface area contributed by atoms with Gasteiger partial charge in [0.2, 0.25) is 5.91 Å². The van der Waals surface area contributed by atoms with Crippen LogP contribution < -0.4 is 11.5 Å². The van der Waals surface area contributed by atoms with E-state index in [9.17, 15) is 4.79 Å². The number of hydrogen-bond donors (Lipinski definition) is 3. The number of amides is 1. The SMILES string of the molecule is N=C(N)C1CCC2CC(C(=O)N3CC[C@@H](N)C3)N(CCC3CCCCC3)C2C1. The molecule has 0 bridgehead atoms. The smallest absolute Gasteiger partial charge is 0.240 e. The summed E-state index contributed by atoms with van der Waals surface area (Å²) in [5, 5.41) is 7.93. The number of carbonyl (C=O) groups excluding carboxylic acids is 1. The maximum atomic E-state index is 13.4. The lowest BCUT2D eigenvalue weighted by molar-refractivity contribution is -0.135. The summed E-state index contributed by atoms with van der Waals surface area (Å²) in [6.45, 7) is 2.57. The highest BCUT2D eigenvalue weighted by molar-refractivity contribution is 5.83. The summed E-state index contributed by atoms with van der Waals surface area (Å²) in [5.41, 5.74) is 11.9. The van der Waals surface area contributed by atoms with Crippen molar-refractivity contribution >= 4 is 11.7 Å². The van der Waals surface area contributed by atoms with Crippen molar-refractivity contribution in [2.75, 3.05) is 19.6 Å². The molecule has 2 aliphatic carbocycles. The van der Waals surface area contributed by atoms with Crippen LogP contribution in [-0.4, -0.2) is 59.3 Å². The van der Waals surface area contributed by atoms with E-state index in [1.165, 1.54) is 38.5 Å². The molecule has 1 amide bonds. The molecule has 0 radical (unpaired) electrons. The second kappa shape index (κ2) is 8.70. The molecule has 4 unspecified atom stereocenters. The Bertz CT molecular complexity index is 575. The fourth-order valence-electron chi connectivity index (χ4n) is 6.40. The van der Waals surface area contributed by atoms with Crippen molar-refractivity contribution < 1.29 is 4.79 Å². The molecule has 28 heavy (non-hydrogen) atoms. The number of carbonyl (C=O) groups is 1. The Morgan fingerprint density at radius 2 is 1.82 bits per heavy atom. The number of nitrogens with two attached hydrogens (primary N) is 2. The molecule has 2 saturated carbocycles. The fourth-order valence-corrected chi connectivity index (χ4v) is 6.40. The fraction of sp³-hybridized carbons (Fsp3) is 0.909. The molecular formula is C22H39N5O. The molecule has 0 aromatic rings. The molecule has 0 aromatic heterocycles. The van der Waals surface area contributed by atoms with Crippen molar-refractivity contribution in [3.8, 4) is 0 Å². The maximum Gasteiger partial charge on any atom is 0.240 e. The van der Waals surface area contributed by atoms with Crippen LogP contribution in [0.5, 0.6) is 0 Å². The molecule has 2 heterocycles. The van der Waals surface area contributed by atoms with Gasteiger partial charge in [-0.25, -0.2) is 0 Å². The lowest BCUT2D eigenvalue weighted by Gasteiger charge is -2.38. The van der Waals surface area contributed by atoms with Gasteiger partial charge in [-0.05, 0) is 56.9 Å². The molecule has 4 rings (SSSR count). The minimum absolute atomic E-state index is 0.0228. The van der Waals surface area contributed by atoms with Crippen LogP contribution in [0.2, 0.25) is 0 Å². The molecule has 2 saturated heterocycles. The van der Waals surface area contributed by atoms with Crippen molar-refractivity contribution in [1.29, 1.82) is 5.41 Å². The van der Waals surface area contributed by atoms with Crippen LogP contribution in [0.3, 0.4) is 0 Å². The second-order valence-corrected chi connectivity index (χ2v) is 9.91. The first kappa shape index (κ1) is 20.1. The predicted octanol–water partition coefficient (Wildman–Crippen LogP) is 2.31. The van der Waals surface area contributed by atoms with Gasteiger partial charge < -0.3 is 16.4 Å². The van der Waals surface area contributed by atoms with Crippen molar-refractivity contribution in [1.82, 2.24) is 9.80 Å². The topological polar surface area (TPSA) is 99.4 Å². The summed E-state index contributed by atoms with van der Waals surface area (Å²) in [4.78, 5) is 17.9. The quantitative estimate of drug-likeness (QED) is 0.496. The highest BCUT2D eigenvalue weighted by Crippen LogP contribution is 2.43. The molecule has 4 aliphatic rings. The van der Waals surface area contributed by atoms with Crippen LogP contribution in [0.15, 0.2) is 0 Å². The molecule has 5 atom stereocenters. The van der Waals surface area contributed by atoms with Gasteiger partial charge in [0.25, 0.3) is 0 Å². The van der Waals surface area contributed by atoms with E-state index in [-0.39, 0.29) is 18.0 Å². The van der Waals surface area contributed by atoms with E-state index in [0.29, 0.717) is 23.7 Å². The van der Waals surface area contributed by atoms with Crippen LogP contribution >= 0.6 is 0 Å². The molecule has 158 valence electrons. The Hall–Kier alpha value is -1.14. The Morgan fingerprint density at radius 3 is 2.50 bits per heavy atom. The lowest BCUT2D eigenvalue weighted by atomic mass is 9.78. The molecular weight excluding hydrogens is 350 g/mol. The van der Waals surface area contributed by atoms with Crippen LogP contribution in [0.4, 0.5) is 0 Å². The van der Waals surface area contributed by atoms with Crippen LogP contribution in [0.1, 0.15) is 70.6 Å². The third-order valence-electron chi connectivity index (χ3n) is 8.09. The van der Waals surface area contributed by atoms with Gasteiger partial charge in [-0.1, -0.05) is 32.1 Å². The molecule has 4 fully saturated rings. The van der Waals surface area contributed by atoms with Gasteiger partial charge in [-0.3, -0.25) is 15.1 Å². The molecule has 5 N–H and O–H groups in total. The van der Waals surface area contributed by atoms with Crippen LogP contribution in [0, 0.1) is 23.2 Å². The van der Waals surface area contributed by atoms with Gasteiger partial charge in [-0.15, -0.1) is 0 Å². The zero-order chi connectivity index (χ0) is 19.7. The van der Waals surface area contributed by atoms with E-state index < -0.39 is 0 Å². The average molecular weight is 390 g/mol. The summed E-state index contributed by atoms with van der Waals surface area (Å²) >= 11 is 0. The zero-order valence-electron chi connectivity index (χ0n) is 17.3. The van der Waals surface area contributed by atoms with Crippen molar-refractivity contribution in [2.45, 2.75) is 88.8 Å². The number of nitrogens with one attached hydrogen (secondary N) is 1. The highest BCUT2D eigenvalue weighted by atomic mass is 16.2. The second-order valence-electron chi connectivity index (χ2n) is 9.91. The van der Waals surface area contributed by atoms with E-state index in [4.69, 9.17) is 16.9 Å². The molecule has 0 spiro atoms. The normalized spacial score (nSPS) is 37.2. The minimum Gasteiger partial charge on any atom is -0.387 e. The van der Waals surface area contributed by atoms with Crippen LogP contribution in [0.25, 0.3) is 0 Å². The molecule has 2 aliphatic heterocycles. The summed E-state index contributed by atoms with van der Waals surface area (Å²) in [7, 11) is 0. The van der Waals surface area contributed by atoms with E-state index in [1.807, 2.05) is 4.90 Å². The predicted molar refractivity (Wildman–Crippen MR) is 112 cm³/mol. The average Bonchev–Trinajstić information content (AvgIpc) is 3.29. The molecule has 0 aromatic carbocycles. The van der Waals surface area contributed by atoms with Gasteiger partial charge >= 0.3 is 0 Å². The first-order valence-corrected chi connectivity index (χ1v) is 11.7. The lowest BCUT2D eigenvalue weighted by Crippen LogP contribution is -2.49. The molecule has 6 nitrogen and oxygen atoms in total. The number of hydrogen-bond acceptors (Lipinski definition) is 4. The Morgan fingerprint density at radius 1 is 1.04 bits per heavy atom. The zero-order valence-corrected chi connectivity index (χ0v) is 17.3. The van der Waals surface area contributed by atoms with E-state index in [0.717, 1.165) is 57.7 Å².